The average Bonchev–Trinajstić information content (AvgIpc) is 2.47. The van der Waals surface area contributed by atoms with E-state index in [1.807, 2.05) is 41.4 Å². The number of nitrogens with zero attached hydrogens (tertiary/aromatic N) is 4. The van der Waals surface area contributed by atoms with E-state index in [0.29, 0.717) is 11.0 Å². The van der Waals surface area contributed by atoms with Crippen LogP contribution in [0.2, 0.25) is 5.15 Å². The van der Waals surface area contributed by atoms with Gasteiger partial charge in [0.15, 0.2) is 15.3 Å². The second kappa shape index (κ2) is 6.03. The van der Waals surface area contributed by atoms with Crippen LogP contribution < -0.4 is 5.01 Å². The van der Waals surface area contributed by atoms with E-state index in [1.54, 1.807) is 23.5 Å². The molecule has 7 heteroatoms. The predicted octanol–water partition coefficient (Wildman–Crippen LogP) is 4.40. The third-order valence-electron chi connectivity index (χ3n) is 2.56. The molecule has 0 saturated heterocycles. The van der Waals surface area contributed by atoms with Crippen LogP contribution in [0.5, 0.6) is 0 Å². The summed E-state index contributed by atoms with van der Waals surface area (Å²) < 4.78 is 0.980. The average molecular weight is 323 g/mol. The van der Waals surface area contributed by atoms with Crippen LogP contribution in [0, 0.1) is 0 Å². The molecule has 0 spiro atoms. The Kier molecular flexibility index (Phi) is 4.14. The minimum atomic E-state index is 0.395. The Morgan fingerprint density at radius 2 is 2.05 bits per heavy atom. The molecule has 102 valence electrons. The zero-order chi connectivity index (χ0) is 13.9. The molecular weight excluding hydrogens is 312 g/mol. The monoisotopic (exact) mass is 322 g/mol. The van der Waals surface area contributed by atoms with Crippen molar-refractivity contribution in [3.63, 3.8) is 0 Å². The van der Waals surface area contributed by atoms with E-state index in [2.05, 4.69) is 22.2 Å². The lowest BCUT2D eigenvalue weighted by Gasteiger charge is -2.25. The van der Waals surface area contributed by atoms with Crippen molar-refractivity contribution in [1.29, 1.82) is 0 Å². The first kappa shape index (κ1) is 13.7. The molecule has 0 radical (unpaired) electrons. The lowest BCUT2D eigenvalue weighted by molar-refractivity contribution is 0.922. The summed E-state index contributed by atoms with van der Waals surface area (Å²) in [4.78, 5) is 0.972. The molecule has 2 aromatic rings. The molecule has 0 bridgehead atoms. The van der Waals surface area contributed by atoms with Gasteiger partial charge >= 0.3 is 0 Å². The van der Waals surface area contributed by atoms with Crippen LogP contribution in [0.15, 0.2) is 46.4 Å². The van der Waals surface area contributed by atoms with Gasteiger partial charge in [0.05, 0.1) is 10.6 Å². The maximum Gasteiger partial charge on any atom is 0.190 e. The van der Waals surface area contributed by atoms with Gasteiger partial charge in [-0.05, 0) is 24.0 Å². The third kappa shape index (κ3) is 2.77. The number of aromatic nitrogens is 2. The SMILES string of the molecule is CCSC1=NN(c2ccccc2)c2nnc(Cl)cc2S1. The third-order valence-corrected chi connectivity index (χ3v) is 4.74. The van der Waals surface area contributed by atoms with E-state index in [1.165, 1.54) is 0 Å². The second-order valence-electron chi connectivity index (χ2n) is 3.90. The first-order valence-corrected chi connectivity index (χ1v) is 8.23. The lowest BCUT2D eigenvalue weighted by Crippen LogP contribution is -2.17. The first-order valence-electron chi connectivity index (χ1n) is 6.05. The topological polar surface area (TPSA) is 41.4 Å². The van der Waals surface area contributed by atoms with E-state index in [-0.39, 0.29) is 0 Å². The molecule has 0 fully saturated rings. The molecule has 0 aliphatic carbocycles. The number of hydrazone groups is 1. The summed E-state index contributed by atoms with van der Waals surface area (Å²) in [5.74, 6) is 1.68. The highest BCUT2D eigenvalue weighted by Gasteiger charge is 2.23. The summed E-state index contributed by atoms with van der Waals surface area (Å²) in [7, 11) is 0. The summed E-state index contributed by atoms with van der Waals surface area (Å²) in [6, 6.07) is 11.7. The number of fused-ring (bicyclic) bond motifs is 1. The number of para-hydroxylation sites is 1. The smallest absolute Gasteiger partial charge is 0.190 e. The fourth-order valence-corrected chi connectivity index (χ4v) is 3.90. The molecule has 0 saturated carbocycles. The molecule has 1 aliphatic rings. The van der Waals surface area contributed by atoms with Crippen LogP contribution in [-0.2, 0) is 0 Å². The minimum absolute atomic E-state index is 0.395. The molecular formula is C13H11ClN4S2. The highest BCUT2D eigenvalue weighted by molar-refractivity contribution is 8.39. The fourth-order valence-electron chi connectivity index (χ4n) is 1.74. The summed E-state index contributed by atoms with van der Waals surface area (Å²) in [5, 5.41) is 15.0. The maximum atomic E-state index is 5.94. The van der Waals surface area contributed by atoms with Crippen LogP contribution in [0.4, 0.5) is 11.5 Å². The molecule has 1 aromatic heterocycles. The van der Waals surface area contributed by atoms with Gasteiger partial charge in [0.25, 0.3) is 0 Å². The Hall–Kier alpha value is -1.24. The number of benzene rings is 1. The van der Waals surface area contributed by atoms with Crippen LogP contribution in [0.1, 0.15) is 6.92 Å². The zero-order valence-corrected chi connectivity index (χ0v) is 13.0. The van der Waals surface area contributed by atoms with Gasteiger partial charge < -0.3 is 0 Å². The number of anilines is 2. The normalized spacial score (nSPS) is 13.9. The maximum absolute atomic E-state index is 5.94. The van der Waals surface area contributed by atoms with Gasteiger partial charge in [0, 0.05) is 0 Å². The van der Waals surface area contributed by atoms with Crippen LogP contribution in [-0.4, -0.2) is 20.3 Å². The van der Waals surface area contributed by atoms with Crippen molar-refractivity contribution in [1.82, 2.24) is 10.2 Å². The summed E-state index contributed by atoms with van der Waals surface area (Å²) >= 11 is 9.22. The Labute approximate surface area is 130 Å². The Balaban J connectivity index is 2.07. The Morgan fingerprint density at radius 1 is 1.25 bits per heavy atom. The summed E-state index contributed by atoms with van der Waals surface area (Å²) in [6.45, 7) is 2.11. The molecule has 20 heavy (non-hydrogen) atoms. The zero-order valence-electron chi connectivity index (χ0n) is 10.7. The lowest BCUT2D eigenvalue weighted by atomic mass is 10.3. The van der Waals surface area contributed by atoms with Crippen LogP contribution >= 0.6 is 35.1 Å². The van der Waals surface area contributed by atoms with Gasteiger partial charge in [-0.3, -0.25) is 0 Å². The van der Waals surface area contributed by atoms with Crippen molar-refractivity contribution in [3.8, 4) is 0 Å². The number of hydrogen-bond acceptors (Lipinski definition) is 6. The van der Waals surface area contributed by atoms with Gasteiger partial charge in [0.1, 0.15) is 0 Å². The molecule has 2 heterocycles. The molecule has 1 aromatic carbocycles. The largest absolute Gasteiger partial charge is 0.211 e. The predicted molar refractivity (Wildman–Crippen MR) is 87.0 cm³/mol. The molecule has 4 nitrogen and oxygen atoms in total. The van der Waals surface area contributed by atoms with E-state index in [9.17, 15) is 0 Å². The van der Waals surface area contributed by atoms with Crippen molar-refractivity contribution in [2.24, 2.45) is 5.10 Å². The van der Waals surface area contributed by atoms with E-state index < -0.39 is 0 Å². The minimum Gasteiger partial charge on any atom is -0.211 e. The Morgan fingerprint density at radius 3 is 2.80 bits per heavy atom. The molecule has 0 N–H and O–H groups in total. The molecule has 0 amide bonds. The van der Waals surface area contributed by atoms with Gasteiger partial charge in [-0.1, -0.05) is 60.2 Å². The summed E-state index contributed by atoms with van der Waals surface area (Å²) in [6.07, 6.45) is 0. The van der Waals surface area contributed by atoms with Crippen molar-refractivity contribution in [2.75, 3.05) is 10.8 Å². The summed E-state index contributed by atoms with van der Waals surface area (Å²) in [5.41, 5.74) is 0.958. The van der Waals surface area contributed by atoms with Crippen LogP contribution in [0.25, 0.3) is 0 Å². The van der Waals surface area contributed by atoms with Crippen molar-refractivity contribution < 1.29 is 0 Å². The van der Waals surface area contributed by atoms with E-state index >= 15 is 0 Å². The second-order valence-corrected chi connectivity index (χ2v) is 6.83. The number of rotatable bonds is 2. The number of halogens is 1. The van der Waals surface area contributed by atoms with E-state index in [0.717, 1.165) is 20.7 Å². The Bertz CT molecular complexity index is 648. The van der Waals surface area contributed by atoms with Gasteiger partial charge in [0.2, 0.25) is 0 Å². The highest BCUT2D eigenvalue weighted by atomic mass is 35.5. The van der Waals surface area contributed by atoms with E-state index in [4.69, 9.17) is 11.6 Å². The van der Waals surface area contributed by atoms with Crippen molar-refractivity contribution in [3.05, 3.63) is 41.6 Å². The van der Waals surface area contributed by atoms with Crippen molar-refractivity contribution in [2.45, 2.75) is 11.8 Å². The van der Waals surface area contributed by atoms with Crippen LogP contribution in [0.3, 0.4) is 0 Å². The standard InChI is InChI=1S/C13H11ClN4S2/c1-2-19-13-17-18(9-6-4-3-5-7-9)12-10(20-13)8-11(14)15-16-12/h3-8H,2H2,1H3. The first-order chi connectivity index (χ1) is 9.78. The van der Waals surface area contributed by atoms with Gasteiger partial charge in [-0.15, -0.1) is 10.2 Å². The quantitative estimate of drug-likeness (QED) is 0.819. The molecule has 1 aliphatic heterocycles. The molecule has 0 unspecified atom stereocenters. The highest BCUT2D eigenvalue weighted by Crippen LogP contribution is 2.41. The number of thioether (sulfide) groups is 2. The van der Waals surface area contributed by atoms with Gasteiger partial charge in [-0.25, -0.2) is 5.01 Å². The molecule has 3 rings (SSSR count). The molecule has 0 atom stereocenters. The fraction of sp³-hybridized carbons (Fsp3) is 0.154. The number of hydrogen-bond donors (Lipinski definition) is 0. The van der Waals surface area contributed by atoms with Gasteiger partial charge in [-0.2, -0.15) is 5.10 Å². The van der Waals surface area contributed by atoms with Crippen molar-refractivity contribution >= 4 is 51.0 Å².